The summed E-state index contributed by atoms with van der Waals surface area (Å²) in [5.41, 5.74) is 0.776. The van der Waals surface area contributed by atoms with E-state index in [1.165, 1.54) is 12.1 Å². The van der Waals surface area contributed by atoms with Crippen molar-refractivity contribution in [1.29, 1.82) is 0 Å². The van der Waals surface area contributed by atoms with E-state index in [1.807, 2.05) is 6.07 Å². The molecule has 3 nitrogen and oxygen atoms in total. The maximum absolute atomic E-state index is 13.3. The summed E-state index contributed by atoms with van der Waals surface area (Å²) in [6.07, 6.45) is 2.01. The Labute approximate surface area is 104 Å². The van der Waals surface area contributed by atoms with Crippen molar-refractivity contribution in [1.82, 2.24) is 10.3 Å². The standard InChI is InChI=1S/C14H13FN2O/c15-8-1-2-12-9(5-8)13(3-4-17-12)18-14-10-6-16-7-11(10)14/h1-5,10-11,14,16H,6-7H2. The minimum absolute atomic E-state index is 0.252. The third-order valence-electron chi connectivity index (χ3n) is 3.94. The van der Waals surface area contributed by atoms with E-state index in [1.54, 1.807) is 12.3 Å². The van der Waals surface area contributed by atoms with Crippen molar-refractivity contribution in [2.75, 3.05) is 13.1 Å². The van der Waals surface area contributed by atoms with Crippen LogP contribution in [0.1, 0.15) is 0 Å². The number of halogens is 1. The summed E-state index contributed by atoms with van der Waals surface area (Å²) < 4.78 is 19.3. The lowest BCUT2D eigenvalue weighted by Crippen LogP contribution is -2.20. The summed E-state index contributed by atoms with van der Waals surface area (Å²) in [6, 6.07) is 6.43. The van der Waals surface area contributed by atoms with Crippen LogP contribution in [-0.4, -0.2) is 24.2 Å². The summed E-state index contributed by atoms with van der Waals surface area (Å²) in [5.74, 6) is 1.75. The van der Waals surface area contributed by atoms with Crippen LogP contribution >= 0.6 is 0 Å². The molecular formula is C14H13FN2O. The zero-order valence-electron chi connectivity index (χ0n) is 9.77. The lowest BCUT2D eigenvalue weighted by molar-refractivity contribution is 0.264. The molecule has 1 aliphatic carbocycles. The fraction of sp³-hybridized carbons (Fsp3) is 0.357. The second-order valence-corrected chi connectivity index (χ2v) is 5.04. The van der Waals surface area contributed by atoms with E-state index in [2.05, 4.69) is 10.3 Å². The fourth-order valence-electron chi connectivity index (χ4n) is 2.88. The Kier molecular flexibility index (Phi) is 2.08. The van der Waals surface area contributed by atoms with Crippen LogP contribution in [0.3, 0.4) is 0 Å². The second-order valence-electron chi connectivity index (χ2n) is 5.04. The van der Waals surface area contributed by atoms with E-state index < -0.39 is 0 Å². The van der Waals surface area contributed by atoms with Gasteiger partial charge in [-0.05, 0) is 24.3 Å². The highest BCUT2D eigenvalue weighted by molar-refractivity contribution is 5.84. The van der Waals surface area contributed by atoms with Crippen LogP contribution in [0.5, 0.6) is 5.75 Å². The first-order chi connectivity index (χ1) is 8.83. The summed E-state index contributed by atoms with van der Waals surface area (Å²) in [4.78, 5) is 4.22. The highest BCUT2D eigenvalue weighted by Crippen LogP contribution is 2.45. The minimum Gasteiger partial charge on any atom is -0.489 e. The maximum Gasteiger partial charge on any atom is 0.130 e. The van der Waals surface area contributed by atoms with Crippen molar-refractivity contribution in [2.45, 2.75) is 6.10 Å². The van der Waals surface area contributed by atoms with Gasteiger partial charge in [-0.2, -0.15) is 0 Å². The Morgan fingerprint density at radius 1 is 1.22 bits per heavy atom. The molecule has 0 bridgehead atoms. The number of pyridine rings is 1. The quantitative estimate of drug-likeness (QED) is 0.877. The van der Waals surface area contributed by atoms with Crippen molar-refractivity contribution < 1.29 is 9.13 Å². The average molecular weight is 244 g/mol. The van der Waals surface area contributed by atoms with Gasteiger partial charge in [0.25, 0.3) is 0 Å². The van der Waals surface area contributed by atoms with E-state index in [-0.39, 0.29) is 5.82 Å². The van der Waals surface area contributed by atoms with Gasteiger partial charge in [-0.3, -0.25) is 4.98 Å². The molecule has 4 rings (SSSR count). The van der Waals surface area contributed by atoms with E-state index in [9.17, 15) is 4.39 Å². The molecule has 18 heavy (non-hydrogen) atoms. The largest absolute Gasteiger partial charge is 0.489 e. The van der Waals surface area contributed by atoms with Gasteiger partial charge in [-0.15, -0.1) is 0 Å². The van der Waals surface area contributed by atoms with Crippen molar-refractivity contribution in [2.24, 2.45) is 11.8 Å². The van der Waals surface area contributed by atoms with Gasteiger partial charge in [0.2, 0.25) is 0 Å². The number of hydrogen-bond acceptors (Lipinski definition) is 3. The molecule has 1 aromatic heterocycles. The molecule has 1 N–H and O–H groups in total. The molecule has 0 radical (unpaired) electrons. The topological polar surface area (TPSA) is 34.1 Å². The molecule has 2 aliphatic rings. The normalized spacial score (nSPS) is 29.3. The predicted octanol–water partition coefficient (Wildman–Crippen LogP) is 1.97. The zero-order chi connectivity index (χ0) is 12.1. The van der Waals surface area contributed by atoms with Gasteiger partial charge >= 0.3 is 0 Å². The molecule has 1 saturated heterocycles. The van der Waals surface area contributed by atoms with E-state index in [0.29, 0.717) is 17.9 Å². The number of aromatic nitrogens is 1. The molecular weight excluding hydrogens is 231 g/mol. The first-order valence-electron chi connectivity index (χ1n) is 6.24. The third kappa shape index (κ3) is 1.49. The second kappa shape index (κ2) is 3.65. The molecule has 2 fully saturated rings. The van der Waals surface area contributed by atoms with Gasteiger partial charge in [0.05, 0.1) is 5.52 Å². The number of ether oxygens (including phenoxy) is 1. The number of piperidine rings is 1. The van der Waals surface area contributed by atoms with Crippen LogP contribution in [0.25, 0.3) is 10.9 Å². The molecule has 92 valence electrons. The first-order valence-corrected chi connectivity index (χ1v) is 6.24. The molecule has 2 atom stereocenters. The van der Waals surface area contributed by atoms with Crippen LogP contribution in [0.4, 0.5) is 4.39 Å². The average Bonchev–Trinajstić information content (AvgIpc) is 2.83. The molecule has 2 heterocycles. The lowest BCUT2D eigenvalue weighted by Gasteiger charge is -2.11. The van der Waals surface area contributed by atoms with Gasteiger partial charge in [-0.1, -0.05) is 0 Å². The molecule has 2 unspecified atom stereocenters. The Hall–Kier alpha value is -1.68. The molecule has 1 saturated carbocycles. The number of benzene rings is 1. The third-order valence-corrected chi connectivity index (χ3v) is 3.94. The van der Waals surface area contributed by atoms with Crippen LogP contribution in [0.2, 0.25) is 0 Å². The number of rotatable bonds is 2. The summed E-state index contributed by atoms with van der Waals surface area (Å²) in [5, 5.41) is 4.09. The Balaban J connectivity index is 1.69. The number of nitrogens with zero attached hydrogens (tertiary/aromatic N) is 1. The Bertz CT molecular complexity index is 606. The molecule has 2 aromatic rings. The van der Waals surface area contributed by atoms with Crippen LogP contribution < -0.4 is 10.1 Å². The number of nitrogens with one attached hydrogen (secondary N) is 1. The summed E-state index contributed by atoms with van der Waals surface area (Å²) in [6.45, 7) is 2.07. The van der Waals surface area contributed by atoms with Crippen LogP contribution in [-0.2, 0) is 0 Å². The number of hydrogen-bond donors (Lipinski definition) is 1. The maximum atomic E-state index is 13.3. The van der Waals surface area contributed by atoms with Crippen LogP contribution in [0.15, 0.2) is 30.5 Å². The Morgan fingerprint density at radius 2 is 2.06 bits per heavy atom. The highest BCUT2D eigenvalue weighted by atomic mass is 19.1. The van der Waals surface area contributed by atoms with Gasteiger partial charge < -0.3 is 10.1 Å². The van der Waals surface area contributed by atoms with Crippen molar-refractivity contribution in [3.05, 3.63) is 36.3 Å². The summed E-state index contributed by atoms with van der Waals surface area (Å²) in [7, 11) is 0. The SMILES string of the molecule is Fc1ccc2nccc(OC3C4CNCC43)c2c1. The Morgan fingerprint density at radius 3 is 2.89 bits per heavy atom. The molecule has 4 heteroatoms. The molecule has 0 spiro atoms. The molecule has 1 aliphatic heterocycles. The monoisotopic (exact) mass is 244 g/mol. The fourth-order valence-corrected chi connectivity index (χ4v) is 2.88. The zero-order valence-corrected chi connectivity index (χ0v) is 9.77. The highest BCUT2D eigenvalue weighted by Gasteiger charge is 2.55. The number of fused-ring (bicyclic) bond motifs is 2. The smallest absolute Gasteiger partial charge is 0.130 e. The van der Waals surface area contributed by atoms with Gasteiger partial charge in [0.15, 0.2) is 0 Å². The van der Waals surface area contributed by atoms with Crippen LogP contribution in [0, 0.1) is 17.7 Å². The van der Waals surface area contributed by atoms with Gasteiger partial charge in [0, 0.05) is 36.5 Å². The van der Waals surface area contributed by atoms with Crippen molar-refractivity contribution >= 4 is 10.9 Å². The van der Waals surface area contributed by atoms with Gasteiger partial charge in [-0.25, -0.2) is 4.39 Å². The van der Waals surface area contributed by atoms with E-state index in [4.69, 9.17) is 4.74 Å². The van der Waals surface area contributed by atoms with E-state index in [0.717, 1.165) is 29.7 Å². The lowest BCUT2D eigenvalue weighted by atomic mass is 10.2. The molecule has 1 aromatic carbocycles. The minimum atomic E-state index is -0.252. The van der Waals surface area contributed by atoms with Crippen molar-refractivity contribution in [3.63, 3.8) is 0 Å². The predicted molar refractivity (Wildman–Crippen MR) is 66.0 cm³/mol. The first kappa shape index (κ1) is 10.3. The van der Waals surface area contributed by atoms with E-state index >= 15 is 0 Å². The van der Waals surface area contributed by atoms with Gasteiger partial charge in [0.1, 0.15) is 17.7 Å². The molecule has 0 amide bonds. The summed E-state index contributed by atoms with van der Waals surface area (Å²) >= 11 is 0. The van der Waals surface area contributed by atoms with Crippen molar-refractivity contribution in [3.8, 4) is 5.75 Å².